The third kappa shape index (κ3) is 2.27. The maximum absolute atomic E-state index is 8.03. The van der Waals surface area contributed by atoms with Crippen LogP contribution in [-0.4, -0.2) is 4.98 Å². The molecule has 0 saturated carbocycles. The number of azide groups is 1. The van der Waals surface area contributed by atoms with Gasteiger partial charge in [-0.15, -0.1) is 0 Å². The summed E-state index contributed by atoms with van der Waals surface area (Å²) in [5.41, 5.74) is 9.96. The van der Waals surface area contributed by atoms with Crippen LogP contribution < -0.4 is 0 Å². The van der Waals surface area contributed by atoms with Gasteiger partial charge in [0.1, 0.15) is 0 Å². The van der Waals surface area contributed by atoms with Crippen LogP contribution in [0.3, 0.4) is 0 Å². The average Bonchev–Trinajstić information content (AvgIpc) is 2.01. The molecule has 0 unspecified atom stereocenters. The number of pyridine rings is 1. The fourth-order valence-corrected chi connectivity index (χ4v) is 0.789. The fraction of sp³-hybridized carbons (Fsp3) is 0.286. The number of aromatic nitrogens is 1. The summed E-state index contributed by atoms with van der Waals surface area (Å²) in [7, 11) is 0. The van der Waals surface area contributed by atoms with E-state index in [1.165, 1.54) is 0 Å². The summed E-state index contributed by atoms with van der Waals surface area (Å²) in [6.45, 7) is 2.31. The van der Waals surface area contributed by atoms with Gasteiger partial charge in [0, 0.05) is 16.8 Å². The predicted molar refractivity (Wildman–Crippen MR) is 41.8 cm³/mol. The Kier molecular flexibility index (Phi) is 2.47. The summed E-state index contributed by atoms with van der Waals surface area (Å²) in [4.78, 5) is 6.66. The Morgan fingerprint density at radius 2 is 2.55 bits per heavy atom. The second-order valence-electron chi connectivity index (χ2n) is 2.21. The van der Waals surface area contributed by atoms with E-state index in [-0.39, 0.29) is 0 Å². The van der Waals surface area contributed by atoms with Gasteiger partial charge < -0.3 is 0 Å². The topological polar surface area (TPSA) is 61.7 Å². The molecule has 0 fully saturated rings. The van der Waals surface area contributed by atoms with E-state index in [1.807, 2.05) is 19.1 Å². The van der Waals surface area contributed by atoms with Gasteiger partial charge in [-0.1, -0.05) is 5.11 Å². The number of rotatable bonds is 2. The van der Waals surface area contributed by atoms with Gasteiger partial charge in [0.2, 0.25) is 0 Å². The Bertz CT molecular complexity index is 288. The molecule has 0 atom stereocenters. The zero-order chi connectivity index (χ0) is 8.10. The van der Waals surface area contributed by atoms with E-state index in [2.05, 4.69) is 15.0 Å². The van der Waals surface area contributed by atoms with Crippen LogP contribution in [0.2, 0.25) is 0 Å². The van der Waals surface area contributed by atoms with Crippen LogP contribution >= 0.6 is 0 Å². The standard InChI is InChI=1S/C7H8N4/c1-6-2-3-9-7(4-6)5-10-11-8/h2-4H,5H2,1H3. The van der Waals surface area contributed by atoms with E-state index in [1.54, 1.807) is 6.20 Å². The van der Waals surface area contributed by atoms with Crippen molar-refractivity contribution in [2.45, 2.75) is 13.5 Å². The minimum absolute atomic E-state index is 0.332. The fourth-order valence-electron chi connectivity index (χ4n) is 0.789. The van der Waals surface area contributed by atoms with Crippen molar-refractivity contribution in [2.75, 3.05) is 0 Å². The quantitative estimate of drug-likeness (QED) is 0.360. The molecule has 1 rings (SSSR count). The number of nitrogens with zero attached hydrogens (tertiary/aromatic N) is 4. The first-order valence-electron chi connectivity index (χ1n) is 3.25. The molecular formula is C7H8N4. The molecular weight excluding hydrogens is 140 g/mol. The highest BCUT2D eigenvalue weighted by molar-refractivity contribution is 5.14. The molecule has 11 heavy (non-hydrogen) atoms. The Labute approximate surface area is 64.5 Å². The van der Waals surface area contributed by atoms with Crippen LogP contribution in [0.5, 0.6) is 0 Å². The summed E-state index contributed by atoms with van der Waals surface area (Å²) >= 11 is 0. The van der Waals surface area contributed by atoms with Crippen LogP contribution in [0.4, 0.5) is 0 Å². The summed E-state index contributed by atoms with van der Waals surface area (Å²) in [6, 6.07) is 3.80. The van der Waals surface area contributed by atoms with Crippen molar-refractivity contribution in [1.29, 1.82) is 0 Å². The van der Waals surface area contributed by atoms with Crippen LogP contribution in [0.15, 0.2) is 23.4 Å². The highest BCUT2D eigenvalue weighted by atomic mass is 15.1. The second kappa shape index (κ2) is 3.58. The molecule has 0 aliphatic rings. The molecule has 0 aliphatic heterocycles. The molecule has 0 aliphatic carbocycles. The van der Waals surface area contributed by atoms with Gasteiger partial charge in [0.25, 0.3) is 0 Å². The van der Waals surface area contributed by atoms with E-state index >= 15 is 0 Å². The van der Waals surface area contributed by atoms with Gasteiger partial charge in [-0.2, -0.15) is 0 Å². The van der Waals surface area contributed by atoms with Gasteiger partial charge >= 0.3 is 0 Å². The molecule has 0 amide bonds. The normalized spacial score (nSPS) is 8.82. The van der Waals surface area contributed by atoms with Gasteiger partial charge in [-0.25, -0.2) is 0 Å². The molecule has 0 spiro atoms. The van der Waals surface area contributed by atoms with E-state index < -0.39 is 0 Å². The first kappa shape index (κ1) is 7.57. The maximum Gasteiger partial charge on any atom is 0.0684 e. The van der Waals surface area contributed by atoms with E-state index in [0.29, 0.717) is 6.54 Å². The van der Waals surface area contributed by atoms with Crippen molar-refractivity contribution in [3.63, 3.8) is 0 Å². The second-order valence-corrected chi connectivity index (χ2v) is 2.21. The molecule has 1 heterocycles. The predicted octanol–water partition coefficient (Wildman–Crippen LogP) is 2.20. The van der Waals surface area contributed by atoms with E-state index in [0.717, 1.165) is 11.3 Å². The molecule has 4 nitrogen and oxygen atoms in total. The lowest BCUT2D eigenvalue weighted by molar-refractivity contribution is 0.970. The highest BCUT2D eigenvalue weighted by Gasteiger charge is 1.90. The maximum atomic E-state index is 8.03. The number of hydrogen-bond donors (Lipinski definition) is 0. The lowest BCUT2D eigenvalue weighted by Gasteiger charge is -1.94. The van der Waals surface area contributed by atoms with Gasteiger partial charge in [-0.3, -0.25) is 4.98 Å². The van der Waals surface area contributed by atoms with Crippen LogP contribution in [0.25, 0.3) is 10.4 Å². The molecule has 1 aromatic rings. The highest BCUT2D eigenvalue weighted by Crippen LogP contribution is 2.00. The van der Waals surface area contributed by atoms with E-state index in [9.17, 15) is 0 Å². The zero-order valence-corrected chi connectivity index (χ0v) is 6.23. The van der Waals surface area contributed by atoms with Crippen LogP contribution in [0.1, 0.15) is 11.3 Å². The molecule has 0 saturated heterocycles. The van der Waals surface area contributed by atoms with E-state index in [4.69, 9.17) is 5.53 Å². The minimum Gasteiger partial charge on any atom is -0.261 e. The van der Waals surface area contributed by atoms with Crippen molar-refractivity contribution in [3.8, 4) is 0 Å². The van der Waals surface area contributed by atoms with Crippen molar-refractivity contribution in [1.82, 2.24) is 4.98 Å². The van der Waals surface area contributed by atoms with Gasteiger partial charge in [0.05, 0.1) is 6.54 Å². The lowest BCUT2D eigenvalue weighted by Crippen LogP contribution is -1.86. The van der Waals surface area contributed by atoms with Crippen molar-refractivity contribution >= 4 is 0 Å². The van der Waals surface area contributed by atoms with Crippen LogP contribution in [-0.2, 0) is 6.54 Å². The first-order valence-corrected chi connectivity index (χ1v) is 3.25. The molecule has 0 radical (unpaired) electrons. The Balaban J connectivity index is 2.79. The van der Waals surface area contributed by atoms with Crippen LogP contribution in [0, 0.1) is 6.92 Å². The SMILES string of the molecule is Cc1ccnc(CN=[N+]=[N-])c1. The molecule has 0 aromatic carbocycles. The summed E-state index contributed by atoms with van der Waals surface area (Å²) in [5, 5.41) is 3.40. The monoisotopic (exact) mass is 148 g/mol. The Morgan fingerprint density at radius 3 is 3.18 bits per heavy atom. The summed E-state index contributed by atoms with van der Waals surface area (Å²) < 4.78 is 0. The minimum atomic E-state index is 0.332. The Hall–Kier alpha value is -1.54. The third-order valence-corrected chi connectivity index (χ3v) is 1.27. The number of hydrogen-bond acceptors (Lipinski definition) is 2. The molecule has 0 N–H and O–H groups in total. The van der Waals surface area contributed by atoms with Gasteiger partial charge in [0.15, 0.2) is 0 Å². The van der Waals surface area contributed by atoms with Crippen molar-refractivity contribution in [2.24, 2.45) is 5.11 Å². The van der Waals surface area contributed by atoms with Gasteiger partial charge in [-0.05, 0) is 30.2 Å². The Morgan fingerprint density at radius 1 is 1.73 bits per heavy atom. The zero-order valence-electron chi connectivity index (χ0n) is 6.23. The average molecular weight is 148 g/mol. The summed E-state index contributed by atoms with van der Waals surface area (Å²) in [5.74, 6) is 0. The van der Waals surface area contributed by atoms with Crippen molar-refractivity contribution in [3.05, 3.63) is 40.0 Å². The number of aryl methyl sites for hydroxylation is 1. The third-order valence-electron chi connectivity index (χ3n) is 1.27. The lowest BCUT2D eigenvalue weighted by atomic mass is 10.2. The van der Waals surface area contributed by atoms with Crippen molar-refractivity contribution < 1.29 is 0 Å². The molecule has 4 heteroatoms. The molecule has 56 valence electrons. The molecule has 0 bridgehead atoms. The smallest absolute Gasteiger partial charge is 0.0684 e. The largest absolute Gasteiger partial charge is 0.261 e. The first-order chi connectivity index (χ1) is 5.33. The molecule has 1 aromatic heterocycles. The summed E-state index contributed by atoms with van der Waals surface area (Å²) in [6.07, 6.45) is 1.71.